The molecule has 0 unspecified atom stereocenters. The van der Waals surface area contributed by atoms with Crippen LogP contribution in [0.2, 0.25) is 0 Å². The lowest BCUT2D eigenvalue weighted by molar-refractivity contribution is -0.183. The molecule has 0 amide bonds. The van der Waals surface area contributed by atoms with E-state index in [0.29, 0.717) is 0 Å². The van der Waals surface area contributed by atoms with Gasteiger partial charge in [0, 0.05) is 12.4 Å². The third-order valence-electron chi connectivity index (χ3n) is 4.01. The molecule has 0 aromatic carbocycles. The van der Waals surface area contributed by atoms with Crippen LogP contribution in [0, 0.1) is 0 Å². The Labute approximate surface area is 109 Å². The van der Waals surface area contributed by atoms with Gasteiger partial charge in [-0.15, -0.1) is 0 Å². The summed E-state index contributed by atoms with van der Waals surface area (Å²) in [4.78, 5) is 4.20. The summed E-state index contributed by atoms with van der Waals surface area (Å²) in [5, 5.41) is 12.0. The van der Waals surface area contributed by atoms with Crippen molar-refractivity contribution in [1.82, 2.24) is 10.0 Å². The van der Waals surface area contributed by atoms with Crippen LogP contribution >= 0.6 is 0 Å². The summed E-state index contributed by atoms with van der Waals surface area (Å²) in [5.74, 6) is 0. The van der Waals surface area contributed by atoms with Crippen LogP contribution in [-0.2, 0) is 0 Å². The largest absolute Gasteiger partial charge is 0.312 e. The summed E-state index contributed by atoms with van der Waals surface area (Å²) in [6.07, 6.45) is 4.58. The molecule has 1 aliphatic heterocycles. The molecule has 0 aliphatic carbocycles. The summed E-state index contributed by atoms with van der Waals surface area (Å²) in [5.41, 5.74) is 2.86. The molecule has 1 aromatic rings. The van der Waals surface area contributed by atoms with Gasteiger partial charge in [0.2, 0.25) is 0 Å². The van der Waals surface area contributed by atoms with E-state index >= 15 is 0 Å². The minimum absolute atomic E-state index is 0.330. The van der Waals surface area contributed by atoms with E-state index in [0.717, 1.165) is 12.0 Å². The second kappa shape index (κ2) is 4.18. The zero-order valence-corrected chi connectivity index (χ0v) is 11.9. The molecular formula is C15H22N2O. The summed E-state index contributed by atoms with van der Waals surface area (Å²) >= 11 is 0. The van der Waals surface area contributed by atoms with Gasteiger partial charge in [0.05, 0.1) is 11.1 Å². The van der Waals surface area contributed by atoms with Gasteiger partial charge in [0.1, 0.15) is 0 Å². The zero-order valence-electron chi connectivity index (χ0n) is 11.9. The highest BCUT2D eigenvalue weighted by Crippen LogP contribution is 2.49. The molecule has 98 valence electrons. The number of hydrogen-bond acceptors (Lipinski definition) is 3. The van der Waals surface area contributed by atoms with E-state index in [1.807, 2.05) is 12.3 Å². The van der Waals surface area contributed by atoms with Crippen LogP contribution < -0.4 is 0 Å². The Bertz CT molecular complexity index is 475. The highest BCUT2D eigenvalue weighted by atomic mass is 16.5. The van der Waals surface area contributed by atoms with Crippen molar-refractivity contribution < 1.29 is 5.21 Å². The molecular weight excluding hydrogens is 224 g/mol. The monoisotopic (exact) mass is 246 g/mol. The maximum absolute atomic E-state index is 10.5. The SMILES string of the molecule is CCC1=C(c2cccnc2)C(C)(C)N(O)C1(C)C. The molecule has 1 aromatic heterocycles. The predicted molar refractivity (Wildman–Crippen MR) is 73.2 cm³/mol. The Morgan fingerprint density at radius 2 is 1.89 bits per heavy atom. The van der Waals surface area contributed by atoms with Crippen molar-refractivity contribution in [2.75, 3.05) is 0 Å². The van der Waals surface area contributed by atoms with Gasteiger partial charge in [0.15, 0.2) is 0 Å². The maximum Gasteiger partial charge on any atom is 0.0668 e. The lowest BCUT2D eigenvalue weighted by Crippen LogP contribution is -2.48. The molecule has 0 atom stereocenters. The fourth-order valence-corrected chi connectivity index (χ4v) is 3.26. The average molecular weight is 246 g/mol. The second-order valence-corrected chi connectivity index (χ2v) is 5.88. The van der Waals surface area contributed by atoms with Crippen LogP contribution in [0.15, 0.2) is 30.1 Å². The first-order chi connectivity index (χ1) is 8.33. The van der Waals surface area contributed by atoms with Gasteiger partial charge in [-0.3, -0.25) is 4.98 Å². The lowest BCUT2D eigenvalue weighted by atomic mass is 9.85. The van der Waals surface area contributed by atoms with E-state index in [1.165, 1.54) is 16.2 Å². The first-order valence-corrected chi connectivity index (χ1v) is 6.47. The van der Waals surface area contributed by atoms with Crippen molar-refractivity contribution in [1.29, 1.82) is 0 Å². The highest BCUT2D eigenvalue weighted by molar-refractivity contribution is 5.79. The molecule has 0 spiro atoms. The minimum Gasteiger partial charge on any atom is -0.312 e. The number of pyridine rings is 1. The van der Waals surface area contributed by atoms with E-state index in [-0.39, 0.29) is 5.54 Å². The van der Waals surface area contributed by atoms with Gasteiger partial charge in [-0.2, -0.15) is 5.06 Å². The van der Waals surface area contributed by atoms with E-state index in [4.69, 9.17) is 0 Å². The predicted octanol–water partition coefficient (Wildman–Crippen LogP) is 3.51. The van der Waals surface area contributed by atoms with Gasteiger partial charge in [0.25, 0.3) is 0 Å². The van der Waals surface area contributed by atoms with Gasteiger partial charge < -0.3 is 5.21 Å². The molecule has 0 saturated carbocycles. The van der Waals surface area contributed by atoms with Crippen molar-refractivity contribution in [3.63, 3.8) is 0 Å². The molecule has 3 nitrogen and oxygen atoms in total. The van der Waals surface area contributed by atoms with Gasteiger partial charge >= 0.3 is 0 Å². The van der Waals surface area contributed by atoms with Crippen LogP contribution in [0.25, 0.3) is 5.57 Å². The smallest absolute Gasteiger partial charge is 0.0668 e. The summed E-state index contributed by atoms with van der Waals surface area (Å²) in [6.45, 7) is 10.4. The summed E-state index contributed by atoms with van der Waals surface area (Å²) < 4.78 is 0. The lowest BCUT2D eigenvalue weighted by Gasteiger charge is -2.37. The van der Waals surface area contributed by atoms with Crippen molar-refractivity contribution >= 4 is 5.57 Å². The molecule has 0 fully saturated rings. The fraction of sp³-hybridized carbons (Fsp3) is 0.533. The van der Waals surface area contributed by atoms with Crippen molar-refractivity contribution in [2.24, 2.45) is 0 Å². The van der Waals surface area contributed by atoms with E-state index in [1.54, 1.807) is 6.20 Å². The first-order valence-electron chi connectivity index (χ1n) is 6.47. The first kappa shape index (κ1) is 13.2. The van der Waals surface area contributed by atoms with Crippen LogP contribution in [-0.4, -0.2) is 26.3 Å². The van der Waals surface area contributed by atoms with Crippen molar-refractivity contribution in [3.8, 4) is 0 Å². The Hall–Kier alpha value is -1.19. The van der Waals surface area contributed by atoms with E-state index < -0.39 is 5.54 Å². The molecule has 18 heavy (non-hydrogen) atoms. The van der Waals surface area contributed by atoms with Crippen molar-refractivity contribution in [3.05, 3.63) is 35.7 Å². The second-order valence-electron chi connectivity index (χ2n) is 5.88. The average Bonchev–Trinajstić information content (AvgIpc) is 2.47. The quantitative estimate of drug-likeness (QED) is 0.867. The Balaban J connectivity index is 2.67. The molecule has 2 heterocycles. The summed E-state index contributed by atoms with van der Waals surface area (Å²) in [6, 6.07) is 4.01. The number of nitrogens with zero attached hydrogens (tertiary/aromatic N) is 2. The molecule has 0 radical (unpaired) electrons. The molecule has 1 aliphatic rings. The number of hydroxylamine groups is 2. The topological polar surface area (TPSA) is 36.4 Å². The Morgan fingerprint density at radius 1 is 1.22 bits per heavy atom. The Morgan fingerprint density at radius 3 is 2.39 bits per heavy atom. The molecule has 3 heteroatoms. The van der Waals surface area contributed by atoms with Crippen LogP contribution in [0.5, 0.6) is 0 Å². The van der Waals surface area contributed by atoms with E-state index in [9.17, 15) is 5.21 Å². The third kappa shape index (κ3) is 1.70. The zero-order chi connectivity index (χ0) is 13.6. The maximum atomic E-state index is 10.5. The van der Waals surface area contributed by atoms with Gasteiger partial charge in [-0.05, 0) is 56.9 Å². The van der Waals surface area contributed by atoms with Crippen molar-refractivity contribution in [2.45, 2.75) is 52.1 Å². The third-order valence-corrected chi connectivity index (χ3v) is 4.01. The molecule has 1 N–H and O–H groups in total. The normalized spacial score (nSPS) is 22.6. The molecule has 0 bridgehead atoms. The number of hydrogen-bond donors (Lipinski definition) is 1. The highest BCUT2D eigenvalue weighted by Gasteiger charge is 2.50. The fourth-order valence-electron chi connectivity index (χ4n) is 3.26. The molecule has 2 rings (SSSR count). The number of aromatic nitrogens is 1. The summed E-state index contributed by atoms with van der Waals surface area (Å²) in [7, 11) is 0. The minimum atomic E-state index is -0.391. The van der Waals surface area contributed by atoms with E-state index in [2.05, 4.69) is 45.7 Å². The van der Waals surface area contributed by atoms with Gasteiger partial charge in [-0.1, -0.05) is 13.0 Å². The number of rotatable bonds is 2. The standard InChI is InChI=1S/C15H22N2O/c1-6-12-13(11-8-7-9-16-10-11)15(4,5)17(18)14(12,2)3/h7-10,18H,6H2,1-5H3. The van der Waals surface area contributed by atoms with Crippen LogP contribution in [0.4, 0.5) is 0 Å². The van der Waals surface area contributed by atoms with Crippen LogP contribution in [0.3, 0.4) is 0 Å². The molecule has 0 saturated heterocycles. The van der Waals surface area contributed by atoms with Crippen LogP contribution in [0.1, 0.15) is 46.6 Å². The van der Waals surface area contributed by atoms with Gasteiger partial charge in [-0.25, -0.2) is 0 Å². The Kier molecular flexibility index (Phi) is 3.07.